The van der Waals surface area contributed by atoms with E-state index in [-0.39, 0.29) is 0 Å². The first-order valence-electron chi connectivity index (χ1n) is 6.68. The largest absolute Gasteiger partial charge is 0.333 e. The van der Waals surface area contributed by atoms with Gasteiger partial charge in [0, 0.05) is 11.3 Å². The molecule has 120 valence electrons. The molecule has 0 fully saturated rings. The van der Waals surface area contributed by atoms with Gasteiger partial charge in [-0.15, -0.1) is 11.3 Å². The highest BCUT2D eigenvalue weighted by molar-refractivity contribution is 7.92. The molecule has 0 bridgehead atoms. The first-order chi connectivity index (χ1) is 10.8. The van der Waals surface area contributed by atoms with E-state index < -0.39 is 10.0 Å². The van der Waals surface area contributed by atoms with Gasteiger partial charge in [0.25, 0.3) is 5.89 Å². The SMILES string of the molecule is Cc1nc(C)c(-c2nc(-c3ccc(NS(C)(=O)=O)cc3)no2)s1. The summed E-state index contributed by atoms with van der Waals surface area (Å²) >= 11 is 1.50. The van der Waals surface area contributed by atoms with E-state index in [1.165, 1.54) is 11.3 Å². The smallest absolute Gasteiger partial charge is 0.270 e. The lowest BCUT2D eigenvalue weighted by molar-refractivity contribution is 0.433. The molecule has 23 heavy (non-hydrogen) atoms. The van der Waals surface area contributed by atoms with Gasteiger partial charge in [0.1, 0.15) is 4.88 Å². The number of rotatable bonds is 4. The third kappa shape index (κ3) is 3.57. The number of sulfonamides is 1. The van der Waals surface area contributed by atoms with Gasteiger partial charge in [-0.25, -0.2) is 13.4 Å². The first kappa shape index (κ1) is 15.6. The fourth-order valence-corrected chi connectivity index (χ4v) is 3.47. The average molecular weight is 350 g/mol. The Morgan fingerprint density at radius 3 is 2.39 bits per heavy atom. The molecule has 0 spiro atoms. The van der Waals surface area contributed by atoms with Crippen molar-refractivity contribution >= 4 is 27.0 Å². The van der Waals surface area contributed by atoms with E-state index >= 15 is 0 Å². The molecule has 1 N–H and O–H groups in total. The minimum atomic E-state index is -3.29. The summed E-state index contributed by atoms with van der Waals surface area (Å²) in [6, 6.07) is 6.75. The zero-order chi connectivity index (χ0) is 16.6. The Morgan fingerprint density at radius 1 is 1.13 bits per heavy atom. The van der Waals surface area contributed by atoms with Crippen molar-refractivity contribution in [2.24, 2.45) is 0 Å². The van der Waals surface area contributed by atoms with E-state index in [0.29, 0.717) is 17.4 Å². The zero-order valence-electron chi connectivity index (χ0n) is 12.7. The number of aryl methyl sites for hydroxylation is 2. The van der Waals surface area contributed by atoms with E-state index in [1.807, 2.05) is 13.8 Å². The number of benzene rings is 1. The Bertz CT molecular complexity index is 943. The lowest BCUT2D eigenvalue weighted by atomic mass is 10.2. The average Bonchev–Trinajstić information content (AvgIpc) is 3.04. The van der Waals surface area contributed by atoms with E-state index in [0.717, 1.165) is 27.4 Å². The van der Waals surface area contributed by atoms with Crippen molar-refractivity contribution in [2.45, 2.75) is 13.8 Å². The van der Waals surface area contributed by atoms with Gasteiger partial charge >= 0.3 is 0 Å². The molecule has 0 radical (unpaired) electrons. The highest BCUT2D eigenvalue weighted by Crippen LogP contribution is 2.30. The maximum atomic E-state index is 11.2. The normalized spacial score (nSPS) is 11.6. The molecule has 0 saturated carbocycles. The van der Waals surface area contributed by atoms with Crippen LogP contribution < -0.4 is 4.72 Å². The van der Waals surface area contributed by atoms with Crippen LogP contribution in [-0.4, -0.2) is 29.8 Å². The van der Waals surface area contributed by atoms with Crippen LogP contribution in [0.25, 0.3) is 22.2 Å². The van der Waals surface area contributed by atoms with Crippen LogP contribution in [0.3, 0.4) is 0 Å². The lowest BCUT2D eigenvalue weighted by Gasteiger charge is -2.03. The number of aromatic nitrogens is 3. The van der Waals surface area contributed by atoms with Gasteiger partial charge in [-0.1, -0.05) is 5.16 Å². The number of hydrogen-bond acceptors (Lipinski definition) is 7. The van der Waals surface area contributed by atoms with Crippen molar-refractivity contribution in [3.63, 3.8) is 0 Å². The molecule has 0 atom stereocenters. The van der Waals surface area contributed by atoms with Crippen molar-refractivity contribution in [3.8, 4) is 22.2 Å². The molecular formula is C14H14N4O3S2. The molecule has 3 rings (SSSR count). The molecular weight excluding hydrogens is 336 g/mol. The van der Waals surface area contributed by atoms with E-state index in [1.54, 1.807) is 24.3 Å². The molecule has 0 aliphatic heterocycles. The molecule has 3 aromatic rings. The second-order valence-electron chi connectivity index (χ2n) is 5.02. The molecule has 0 saturated heterocycles. The van der Waals surface area contributed by atoms with Crippen molar-refractivity contribution in [1.82, 2.24) is 15.1 Å². The van der Waals surface area contributed by atoms with Crippen LogP contribution in [0.15, 0.2) is 28.8 Å². The summed E-state index contributed by atoms with van der Waals surface area (Å²) in [4.78, 5) is 9.58. The predicted octanol–water partition coefficient (Wildman–Crippen LogP) is 2.85. The number of thiazole rings is 1. The summed E-state index contributed by atoms with van der Waals surface area (Å²) in [5, 5.41) is 4.91. The maximum absolute atomic E-state index is 11.2. The topological polar surface area (TPSA) is 98.0 Å². The molecule has 9 heteroatoms. The second kappa shape index (κ2) is 5.74. The third-order valence-electron chi connectivity index (χ3n) is 2.97. The second-order valence-corrected chi connectivity index (χ2v) is 7.97. The summed E-state index contributed by atoms with van der Waals surface area (Å²) in [5.41, 5.74) is 2.07. The number of nitrogens with zero attached hydrogens (tertiary/aromatic N) is 3. The molecule has 0 aliphatic rings. The Kier molecular flexibility index (Phi) is 3.90. The number of nitrogens with one attached hydrogen (secondary N) is 1. The van der Waals surface area contributed by atoms with E-state index in [2.05, 4.69) is 19.8 Å². The Hall–Kier alpha value is -2.26. The van der Waals surface area contributed by atoms with Crippen molar-refractivity contribution < 1.29 is 12.9 Å². The standard InChI is InChI=1S/C14H14N4O3S2/c1-8-12(22-9(2)15-8)14-16-13(17-21-14)10-4-6-11(7-5-10)18-23(3,19)20/h4-7,18H,1-3H3. The van der Waals surface area contributed by atoms with Gasteiger partial charge in [-0.3, -0.25) is 4.72 Å². The monoisotopic (exact) mass is 350 g/mol. The molecule has 0 unspecified atom stereocenters. The van der Waals surface area contributed by atoms with Crippen molar-refractivity contribution in [1.29, 1.82) is 0 Å². The summed E-state index contributed by atoms with van der Waals surface area (Å²) in [7, 11) is -3.29. The zero-order valence-corrected chi connectivity index (χ0v) is 14.3. The van der Waals surface area contributed by atoms with E-state index in [4.69, 9.17) is 4.52 Å². The molecule has 0 amide bonds. The molecule has 0 aliphatic carbocycles. The summed E-state index contributed by atoms with van der Waals surface area (Å²) < 4.78 is 30.1. The van der Waals surface area contributed by atoms with Crippen LogP contribution in [0.1, 0.15) is 10.7 Å². The molecule has 7 nitrogen and oxygen atoms in total. The molecule has 2 aromatic heterocycles. The summed E-state index contributed by atoms with van der Waals surface area (Å²) in [6.45, 7) is 3.82. The summed E-state index contributed by atoms with van der Waals surface area (Å²) in [6.07, 6.45) is 1.10. The van der Waals surface area contributed by atoms with Crippen LogP contribution in [0, 0.1) is 13.8 Å². The molecule has 2 heterocycles. The Balaban J connectivity index is 1.87. The van der Waals surface area contributed by atoms with Gasteiger partial charge < -0.3 is 4.52 Å². The quantitative estimate of drug-likeness (QED) is 0.777. The minimum Gasteiger partial charge on any atom is -0.333 e. The Morgan fingerprint density at radius 2 is 1.83 bits per heavy atom. The van der Waals surface area contributed by atoms with Gasteiger partial charge in [-0.05, 0) is 38.1 Å². The third-order valence-corrected chi connectivity index (χ3v) is 4.64. The fraction of sp³-hybridized carbons (Fsp3) is 0.214. The predicted molar refractivity (Wildman–Crippen MR) is 88.8 cm³/mol. The van der Waals surface area contributed by atoms with Gasteiger partial charge in [-0.2, -0.15) is 4.98 Å². The lowest BCUT2D eigenvalue weighted by Crippen LogP contribution is -2.09. The highest BCUT2D eigenvalue weighted by atomic mass is 32.2. The van der Waals surface area contributed by atoms with E-state index in [9.17, 15) is 8.42 Å². The van der Waals surface area contributed by atoms with Crippen LogP contribution in [0.2, 0.25) is 0 Å². The highest BCUT2D eigenvalue weighted by Gasteiger charge is 2.16. The van der Waals surface area contributed by atoms with Gasteiger partial charge in [0.15, 0.2) is 0 Å². The molecule has 1 aromatic carbocycles. The Labute approximate surface area is 137 Å². The number of hydrogen-bond donors (Lipinski definition) is 1. The van der Waals surface area contributed by atoms with Crippen LogP contribution >= 0.6 is 11.3 Å². The first-order valence-corrected chi connectivity index (χ1v) is 9.39. The van der Waals surface area contributed by atoms with Crippen molar-refractivity contribution in [2.75, 3.05) is 11.0 Å². The van der Waals surface area contributed by atoms with Crippen LogP contribution in [0.5, 0.6) is 0 Å². The van der Waals surface area contributed by atoms with Crippen LogP contribution in [-0.2, 0) is 10.0 Å². The minimum absolute atomic E-state index is 0.432. The van der Waals surface area contributed by atoms with Gasteiger partial charge in [0.05, 0.1) is 17.0 Å². The maximum Gasteiger partial charge on any atom is 0.270 e. The number of anilines is 1. The summed E-state index contributed by atoms with van der Waals surface area (Å²) in [5.74, 6) is 0.873. The van der Waals surface area contributed by atoms with Gasteiger partial charge in [0.2, 0.25) is 15.8 Å². The fourth-order valence-electron chi connectivity index (χ4n) is 2.06. The van der Waals surface area contributed by atoms with Crippen LogP contribution in [0.4, 0.5) is 5.69 Å². The van der Waals surface area contributed by atoms with Crippen molar-refractivity contribution in [3.05, 3.63) is 35.0 Å².